The molecule has 1 heterocycles. The fourth-order valence-electron chi connectivity index (χ4n) is 3.28. The van der Waals surface area contributed by atoms with E-state index < -0.39 is 0 Å². The maximum Gasteiger partial charge on any atom is 0.193 e. The van der Waals surface area contributed by atoms with Crippen LogP contribution in [0.3, 0.4) is 0 Å². The van der Waals surface area contributed by atoms with Crippen LogP contribution in [0.15, 0.2) is 53.5 Å². The Hall–Kier alpha value is -2.33. The number of aryl methyl sites for hydroxylation is 2. The van der Waals surface area contributed by atoms with Gasteiger partial charge in [-0.25, -0.2) is 0 Å². The maximum absolute atomic E-state index is 6.11. The minimum absolute atomic E-state index is 0.293. The second kappa shape index (κ2) is 8.17. The summed E-state index contributed by atoms with van der Waals surface area (Å²) in [5.74, 6) is 0.472. The molecule has 1 unspecified atom stereocenters. The first kappa shape index (κ1) is 17.5. The fourth-order valence-corrected chi connectivity index (χ4v) is 3.28. The number of nitrogens with one attached hydrogen (secondary N) is 1. The summed E-state index contributed by atoms with van der Waals surface area (Å²) in [6.45, 7) is 7.15. The lowest BCUT2D eigenvalue weighted by Gasteiger charge is -2.26. The highest BCUT2D eigenvalue weighted by Gasteiger charge is 2.23. The molecule has 1 fully saturated rings. The zero-order valence-corrected chi connectivity index (χ0v) is 15.2. The Bertz CT molecular complexity index is 698. The molecule has 3 rings (SSSR count). The van der Waals surface area contributed by atoms with E-state index in [0.29, 0.717) is 18.5 Å². The summed E-state index contributed by atoms with van der Waals surface area (Å²) in [5, 5.41) is 3.18. The van der Waals surface area contributed by atoms with Crippen molar-refractivity contribution in [2.75, 3.05) is 25.0 Å². The molecule has 4 nitrogen and oxygen atoms in total. The number of hydrogen-bond donors (Lipinski definition) is 2. The van der Waals surface area contributed by atoms with Crippen LogP contribution in [0.25, 0.3) is 0 Å². The van der Waals surface area contributed by atoms with Crippen molar-refractivity contribution in [2.45, 2.75) is 32.7 Å². The van der Waals surface area contributed by atoms with Crippen LogP contribution in [0.1, 0.15) is 35.6 Å². The van der Waals surface area contributed by atoms with E-state index in [1.807, 2.05) is 12.1 Å². The number of nitrogens with two attached hydrogens (primary N) is 1. The van der Waals surface area contributed by atoms with Gasteiger partial charge in [0.2, 0.25) is 0 Å². The van der Waals surface area contributed by atoms with Crippen LogP contribution in [-0.4, -0.2) is 30.5 Å². The molecule has 132 valence electrons. The van der Waals surface area contributed by atoms with Gasteiger partial charge in [-0.15, -0.1) is 0 Å². The number of anilines is 1. The van der Waals surface area contributed by atoms with Crippen molar-refractivity contribution in [1.29, 1.82) is 0 Å². The van der Waals surface area contributed by atoms with Gasteiger partial charge in [0.15, 0.2) is 5.96 Å². The lowest BCUT2D eigenvalue weighted by molar-refractivity contribution is 0.252. The highest BCUT2D eigenvalue weighted by atomic mass is 15.2. The summed E-state index contributed by atoms with van der Waals surface area (Å²) < 4.78 is 0. The molecule has 1 aliphatic rings. The number of aliphatic imine (C=N–C) groups is 1. The Morgan fingerprint density at radius 2 is 1.56 bits per heavy atom. The van der Waals surface area contributed by atoms with Gasteiger partial charge in [0.25, 0.3) is 0 Å². The highest BCUT2D eigenvalue weighted by molar-refractivity contribution is 5.92. The monoisotopic (exact) mass is 336 g/mol. The molecule has 0 radical (unpaired) electrons. The highest BCUT2D eigenvalue weighted by Crippen LogP contribution is 2.25. The lowest BCUT2D eigenvalue weighted by Crippen LogP contribution is -2.30. The number of likely N-dealkylation sites (tertiary alicyclic amines) is 1. The third-order valence-electron chi connectivity index (χ3n) is 4.80. The van der Waals surface area contributed by atoms with Gasteiger partial charge in [-0.3, -0.25) is 9.89 Å². The number of nitrogens with zero attached hydrogens (tertiary/aromatic N) is 2. The Morgan fingerprint density at radius 1 is 1.00 bits per heavy atom. The molecular weight excluding hydrogens is 308 g/mol. The quantitative estimate of drug-likeness (QED) is 0.644. The normalized spacial score (nSPS) is 16.8. The van der Waals surface area contributed by atoms with E-state index in [9.17, 15) is 0 Å². The molecule has 0 spiro atoms. The minimum Gasteiger partial charge on any atom is -0.370 e. The third kappa shape index (κ3) is 4.83. The molecule has 1 aliphatic heterocycles. The number of benzene rings is 2. The van der Waals surface area contributed by atoms with Gasteiger partial charge in [-0.1, -0.05) is 47.5 Å². The molecule has 25 heavy (non-hydrogen) atoms. The average Bonchev–Trinajstić information content (AvgIpc) is 3.13. The van der Waals surface area contributed by atoms with Crippen LogP contribution < -0.4 is 11.1 Å². The van der Waals surface area contributed by atoms with Crippen molar-refractivity contribution >= 4 is 11.6 Å². The Kier molecular flexibility index (Phi) is 5.71. The first-order valence-electron chi connectivity index (χ1n) is 9.06. The van der Waals surface area contributed by atoms with Crippen molar-refractivity contribution in [2.24, 2.45) is 10.7 Å². The first-order valence-corrected chi connectivity index (χ1v) is 9.06. The molecule has 0 saturated carbocycles. The number of guanidine groups is 1. The molecule has 0 amide bonds. The molecule has 4 heteroatoms. The van der Waals surface area contributed by atoms with Crippen LogP contribution >= 0.6 is 0 Å². The molecule has 0 aliphatic carbocycles. The first-order chi connectivity index (χ1) is 12.1. The largest absolute Gasteiger partial charge is 0.370 e. The molecular formula is C21H28N4. The predicted octanol–water partition coefficient (Wildman–Crippen LogP) is 3.87. The summed E-state index contributed by atoms with van der Waals surface area (Å²) in [7, 11) is 0. The average molecular weight is 336 g/mol. The molecule has 3 N–H and O–H groups in total. The fraction of sp³-hybridized carbons (Fsp3) is 0.381. The van der Waals surface area contributed by atoms with Crippen molar-refractivity contribution in [3.63, 3.8) is 0 Å². The Balaban J connectivity index is 1.70. The van der Waals surface area contributed by atoms with Crippen LogP contribution in [0.5, 0.6) is 0 Å². The molecule has 0 bridgehead atoms. The molecule has 1 saturated heterocycles. The van der Waals surface area contributed by atoms with E-state index in [2.05, 4.69) is 65.5 Å². The van der Waals surface area contributed by atoms with E-state index in [4.69, 9.17) is 5.73 Å². The van der Waals surface area contributed by atoms with Crippen molar-refractivity contribution in [1.82, 2.24) is 4.90 Å². The molecule has 1 atom stereocenters. The summed E-state index contributed by atoms with van der Waals surface area (Å²) in [4.78, 5) is 7.15. The smallest absolute Gasteiger partial charge is 0.193 e. The summed E-state index contributed by atoms with van der Waals surface area (Å²) in [6, 6.07) is 17.3. The lowest BCUT2D eigenvalue weighted by atomic mass is 10.0. The van der Waals surface area contributed by atoms with E-state index in [-0.39, 0.29) is 0 Å². The van der Waals surface area contributed by atoms with E-state index >= 15 is 0 Å². The summed E-state index contributed by atoms with van der Waals surface area (Å²) in [6.07, 6.45) is 2.53. The Morgan fingerprint density at radius 3 is 2.16 bits per heavy atom. The number of rotatable bonds is 5. The second-order valence-corrected chi connectivity index (χ2v) is 6.89. The van der Waals surface area contributed by atoms with Crippen molar-refractivity contribution < 1.29 is 0 Å². The van der Waals surface area contributed by atoms with Crippen molar-refractivity contribution in [3.05, 3.63) is 65.2 Å². The predicted molar refractivity (Wildman–Crippen MR) is 106 cm³/mol. The maximum atomic E-state index is 6.11. The SMILES string of the molecule is Cc1ccc(NC(N)=NCC(c2ccc(C)cc2)N2CCCC2)cc1. The van der Waals surface area contributed by atoms with Crippen LogP contribution in [0.4, 0.5) is 5.69 Å². The van der Waals surface area contributed by atoms with Gasteiger partial charge in [0, 0.05) is 5.69 Å². The summed E-state index contributed by atoms with van der Waals surface area (Å²) >= 11 is 0. The standard InChI is InChI=1S/C21H28N4/c1-16-5-9-18(10-6-16)20(25-13-3-4-14-25)15-23-21(22)24-19-11-7-17(2)8-12-19/h5-12,20H,3-4,13-15H2,1-2H3,(H3,22,23,24). The zero-order valence-electron chi connectivity index (χ0n) is 15.2. The summed E-state index contributed by atoms with van der Waals surface area (Å²) in [5.41, 5.74) is 10.9. The van der Waals surface area contributed by atoms with Crippen LogP contribution in [0, 0.1) is 13.8 Å². The molecule has 2 aromatic rings. The van der Waals surface area contributed by atoms with Crippen LogP contribution in [0.2, 0.25) is 0 Å². The number of hydrogen-bond acceptors (Lipinski definition) is 2. The van der Waals surface area contributed by atoms with Crippen LogP contribution in [-0.2, 0) is 0 Å². The Labute approximate surface area is 150 Å². The minimum atomic E-state index is 0.293. The topological polar surface area (TPSA) is 53.6 Å². The second-order valence-electron chi connectivity index (χ2n) is 6.89. The van der Waals surface area contributed by atoms with E-state index in [0.717, 1.165) is 18.8 Å². The van der Waals surface area contributed by atoms with Gasteiger partial charge in [0.05, 0.1) is 12.6 Å². The van der Waals surface area contributed by atoms with Gasteiger partial charge in [0.1, 0.15) is 0 Å². The van der Waals surface area contributed by atoms with Gasteiger partial charge < -0.3 is 11.1 Å². The van der Waals surface area contributed by atoms with Crippen molar-refractivity contribution in [3.8, 4) is 0 Å². The molecule has 0 aromatic heterocycles. The molecule has 2 aromatic carbocycles. The van der Waals surface area contributed by atoms with Gasteiger partial charge in [-0.2, -0.15) is 0 Å². The van der Waals surface area contributed by atoms with Gasteiger partial charge in [-0.05, 0) is 57.5 Å². The third-order valence-corrected chi connectivity index (χ3v) is 4.80. The van der Waals surface area contributed by atoms with E-state index in [1.165, 1.54) is 29.5 Å². The van der Waals surface area contributed by atoms with Gasteiger partial charge >= 0.3 is 0 Å². The van der Waals surface area contributed by atoms with E-state index in [1.54, 1.807) is 0 Å². The zero-order chi connectivity index (χ0) is 17.6.